The van der Waals surface area contributed by atoms with Crippen molar-refractivity contribution in [3.8, 4) is 0 Å². The van der Waals surface area contributed by atoms with Gasteiger partial charge in [0.1, 0.15) is 0 Å². The van der Waals surface area contributed by atoms with Gasteiger partial charge in [-0.15, -0.1) is 6.58 Å². The summed E-state index contributed by atoms with van der Waals surface area (Å²) in [5, 5.41) is 0. The van der Waals surface area contributed by atoms with Crippen LogP contribution in [0.2, 0.25) is 0 Å². The lowest BCUT2D eigenvalue weighted by Crippen LogP contribution is -1.82. The highest BCUT2D eigenvalue weighted by Gasteiger charge is 1.93. The molecule has 0 saturated carbocycles. The maximum atomic E-state index is 3.91. The topological polar surface area (TPSA) is 0 Å². The Morgan fingerprint density at radius 2 is 1.92 bits per heavy atom. The summed E-state index contributed by atoms with van der Waals surface area (Å²) in [6.45, 7) is 10.4. The van der Waals surface area contributed by atoms with Crippen LogP contribution in [0.3, 0.4) is 0 Å². The van der Waals surface area contributed by atoms with E-state index in [0.29, 0.717) is 0 Å². The Bertz CT molecular complexity index is 194. The molecule has 0 unspecified atom stereocenters. The van der Waals surface area contributed by atoms with Gasteiger partial charge in [0.05, 0.1) is 0 Å². The highest BCUT2D eigenvalue weighted by Crippen LogP contribution is 2.13. The smallest absolute Gasteiger partial charge is 0.0280 e. The molecule has 74 valence electrons. The zero-order valence-electron chi connectivity index (χ0n) is 9.27. The van der Waals surface area contributed by atoms with Crippen LogP contribution < -0.4 is 0 Å². The van der Waals surface area contributed by atoms with Crippen molar-refractivity contribution in [3.05, 3.63) is 36.0 Å². The lowest BCUT2D eigenvalue weighted by molar-refractivity contribution is 0.877. The highest BCUT2D eigenvalue weighted by molar-refractivity contribution is 5.13. The number of allylic oxidation sites excluding steroid dienone is 5. The van der Waals surface area contributed by atoms with Gasteiger partial charge < -0.3 is 0 Å². The minimum Gasteiger partial charge on any atom is -0.100 e. The molecule has 0 fully saturated rings. The first kappa shape index (κ1) is 12.2. The van der Waals surface area contributed by atoms with E-state index < -0.39 is 0 Å². The van der Waals surface area contributed by atoms with E-state index in [1.54, 1.807) is 0 Å². The van der Waals surface area contributed by atoms with Gasteiger partial charge in [-0.3, -0.25) is 0 Å². The molecule has 0 bridgehead atoms. The van der Waals surface area contributed by atoms with Crippen LogP contribution >= 0.6 is 0 Å². The molecule has 0 saturated heterocycles. The minimum atomic E-state index is 1.12. The van der Waals surface area contributed by atoms with Crippen LogP contribution in [0.15, 0.2) is 36.0 Å². The quantitative estimate of drug-likeness (QED) is 0.410. The van der Waals surface area contributed by atoms with Crippen LogP contribution in [0.1, 0.15) is 46.5 Å². The highest BCUT2D eigenvalue weighted by atomic mass is 14.0. The first-order chi connectivity index (χ1) is 6.20. The minimum absolute atomic E-state index is 1.12. The van der Waals surface area contributed by atoms with Gasteiger partial charge in [0.15, 0.2) is 0 Å². The lowest BCUT2D eigenvalue weighted by Gasteiger charge is -2.02. The standard InChI is InChI=1S/C13H22/c1-5-7-8-9-13(6-2)11-10-12(3)4/h7-9H,3,5-6,10-11H2,1-2,4H3. The van der Waals surface area contributed by atoms with Crippen LogP contribution in [0, 0.1) is 0 Å². The van der Waals surface area contributed by atoms with E-state index in [1.807, 2.05) is 0 Å². The summed E-state index contributed by atoms with van der Waals surface area (Å²) >= 11 is 0. The summed E-state index contributed by atoms with van der Waals surface area (Å²) in [5.74, 6) is 0. The van der Waals surface area contributed by atoms with Crippen molar-refractivity contribution in [2.24, 2.45) is 0 Å². The van der Waals surface area contributed by atoms with Gasteiger partial charge in [-0.05, 0) is 32.6 Å². The van der Waals surface area contributed by atoms with Crippen LogP contribution in [-0.4, -0.2) is 0 Å². The summed E-state index contributed by atoms with van der Waals surface area (Å²) in [5.41, 5.74) is 2.80. The molecular weight excluding hydrogens is 156 g/mol. The van der Waals surface area contributed by atoms with Gasteiger partial charge >= 0.3 is 0 Å². The first-order valence-corrected chi connectivity index (χ1v) is 5.19. The predicted molar refractivity (Wildman–Crippen MR) is 61.9 cm³/mol. The molecule has 0 atom stereocenters. The largest absolute Gasteiger partial charge is 0.100 e. The molecule has 0 spiro atoms. The summed E-state index contributed by atoms with van der Waals surface area (Å²) in [6, 6.07) is 0. The van der Waals surface area contributed by atoms with Gasteiger partial charge in [0.2, 0.25) is 0 Å². The fraction of sp³-hybridized carbons (Fsp3) is 0.538. The van der Waals surface area contributed by atoms with E-state index >= 15 is 0 Å². The van der Waals surface area contributed by atoms with Gasteiger partial charge in [-0.1, -0.05) is 43.2 Å². The second-order valence-electron chi connectivity index (χ2n) is 3.47. The molecule has 0 radical (unpaired) electrons. The van der Waals surface area contributed by atoms with Crippen molar-refractivity contribution in [2.45, 2.75) is 46.5 Å². The normalized spacial score (nSPS) is 12.4. The van der Waals surface area contributed by atoms with Crippen molar-refractivity contribution < 1.29 is 0 Å². The van der Waals surface area contributed by atoms with Crippen molar-refractivity contribution in [3.63, 3.8) is 0 Å². The number of rotatable bonds is 6. The Morgan fingerprint density at radius 1 is 1.23 bits per heavy atom. The first-order valence-electron chi connectivity index (χ1n) is 5.19. The Labute approximate surface area is 83.0 Å². The molecule has 0 aliphatic rings. The van der Waals surface area contributed by atoms with E-state index in [2.05, 4.69) is 45.6 Å². The monoisotopic (exact) mass is 178 g/mol. The van der Waals surface area contributed by atoms with E-state index in [4.69, 9.17) is 0 Å². The van der Waals surface area contributed by atoms with E-state index in [9.17, 15) is 0 Å². The van der Waals surface area contributed by atoms with Gasteiger partial charge in [0, 0.05) is 0 Å². The molecule has 0 rings (SSSR count). The SMILES string of the molecule is C=C(C)CCC(=CC=CCC)CC. The molecule has 0 aromatic carbocycles. The lowest BCUT2D eigenvalue weighted by atomic mass is 10.0. The van der Waals surface area contributed by atoms with Crippen LogP contribution in [0.25, 0.3) is 0 Å². The fourth-order valence-corrected chi connectivity index (χ4v) is 1.09. The van der Waals surface area contributed by atoms with Crippen LogP contribution in [-0.2, 0) is 0 Å². The Hall–Kier alpha value is -0.780. The zero-order chi connectivity index (χ0) is 10.1. The summed E-state index contributed by atoms with van der Waals surface area (Å²) < 4.78 is 0. The van der Waals surface area contributed by atoms with Gasteiger partial charge in [-0.25, -0.2) is 0 Å². The average Bonchev–Trinajstić information content (AvgIpc) is 2.10. The number of hydrogen-bond donors (Lipinski definition) is 0. The number of hydrogen-bond acceptors (Lipinski definition) is 0. The van der Waals surface area contributed by atoms with Crippen molar-refractivity contribution in [1.82, 2.24) is 0 Å². The van der Waals surface area contributed by atoms with Crippen molar-refractivity contribution in [2.75, 3.05) is 0 Å². The Balaban J connectivity index is 3.93. The summed E-state index contributed by atoms with van der Waals surface area (Å²) in [6.07, 6.45) is 11.2. The van der Waals surface area contributed by atoms with E-state index in [0.717, 1.165) is 19.3 Å². The third-order valence-corrected chi connectivity index (χ3v) is 2.03. The van der Waals surface area contributed by atoms with Crippen LogP contribution in [0.4, 0.5) is 0 Å². The van der Waals surface area contributed by atoms with Gasteiger partial charge in [-0.2, -0.15) is 0 Å². The molecular formula is C13H22. The molecule has 0 aromatic heterocycles. The van der Waals surface area contributed by atoms with Crippen LogP contribution in [0.5, 0.6) is 0 Å². The summed E-state index contributed by atoms with van der Waals surface area (Å²) in [4.78, 5) is 0. The Morgan fingerprint density at radius 3 is 2.38 bits per heavy atom. The molecule has 13 heavy (non-hydrogen) atoms. The van der Waals surface area contributed by atoms with Gasteiger partial charge in [0.25, 0.3) is 0 Å². The third kappa shape index (κ3) is 7.58. The summed E-state index contributed by atoms with van der Waals surface area (Å²) in [7, 11) is 0. The van der Waals surface area contributed by atoms with Crippen molar-refractivity contribution >= 4 is 0 Å². The molecule has 0 nitrogen and oxygen atoms in total. The van der Waals surface area contributed by atoms with Crippen molar-refractivity contribution in [1.29, 1.82) is 0 Å². The van der Waals surface area contributed by atoms with E-state index in [-0.39, 0.29) is 0 Å². The molecule has 0 heteroatoms. The molecule has 0 heterocycles. The fourth-order valence-electron chi connectivity index (χ4n) is 1.09. The maximum absolute atomic E-state index is 3.91. The Kier molecular flexibility index (Phi) is 7.38. The molecule has 0 aliphatic carbocycles. The molecule has 0 aromatic rings. The molecule has 0 aliphatic heterocycles. The second kappa shape index (κ2) is 7.85. The average molecular weight is 178 g/mol. The molecule has 0 amide bonds. The third-order valence-electron chi connectivity index (χ3n) is 2.03. The predicted octanol–water partition coefficient (Wildman–Crippen LogP) is 4.65. The zero-order valence-corrected chi connectivity index (χ0v) is 9.27. The molecule has 0 N–H and O–H groups in total. The van der Waals surface area contributed by atoms with E-state index in [1.165, 1.54) is 17.6 Å². The maximum Gasteiger partial charge on any atom is -0.0280 e. The second-order valence-corrected chi connectivity index (χ2v) is 3.47.